The number of ether oxygens (including phenoxy) is 1. The maximum atomic E-state index is 11.8. The topological polar surface area (TPSA) is 62.3 Å². The Morgan fingerprint density at radius 1 is 1.20 bits per heavy atom. The van der Waals surface area contributed by atoms with Gasteiger partial charge in [-0.15, -0.1) is 11.3 Å². The summed E-state index contributed by atoms with van der Waals surface area (Å²) in [5, 5.41) is 12.6. The van der Waals surface area contributed by atoms with Crippen LogP contribution in [0.5, 0.6) is 0 Å². The minimum absolute atomic E-state index is 0.0741. The van der Waals surface area contributed by atoms with E-state index in [9.17, 15) is 9.90 Å². The number of aromatic carboxylic acids is 1. The van der Waals surface area contributed by atoms with E-state index in [2.05, 4.69) is 4.98 Å². The van der Waals surface area contributed by atoms with Crippen molar-refractivity contribution in [2.24, 2.45) is 0 Å². The first-order valence-corrected chi connectivity index (χ1v) is 9.39. The average molecular weight is 398 g/mol. The monoisotopic (exact) mass is 397 g/mol. The van der Waals surface area contributed by atoms with E-state index in [0.717, 1.165) is 15.8 Å². The molecular formula is C18H17Cl2NO3S. The molecule has 2 aromatic heterocycles. The summed E-state index contributed by atoms with van der Waals surface area (Å²) in [6.45, 7) is 5.90. The molecule has 25 heavy (non-hydrogen) atoms. The molecule has 0 saturated heterocycles. The molecule has 4 nitrogen and oxygen atoms in total. The number of hydrogen-bond donors (Lipinski definition) is 2. The molecule has 3 rings (SSSR count). The zero-order chi connectivity index (χ0) is 18.3. The van der Waals surface area contributed by atoms with E-state index < -0.39 is 5.97 Å². The first kappa shape index (κ1) is 18.3. The number of aromatic nitrogens is 1. The quantitative estimate of drug-likeness (QED) is 0.524. The Kier molecular flexibility index (Phi) is 5.11. The molecule has 0 bridgehead atoms. The third kappa shape index (κ3) is 3.55. The number of fused-ring (bicyclic) bond motifs is 1. The highest BCUT2D eigenvalue weighted by Crippen LogP contribution is 2.42. The van der Waals surface area contributed by atoms with E-state index in [1.165, 1.54) is 11.3 Å². The van der Waals surface area contributed by atoms with Gasteiger partial charge in [0.1, 0.15) is 5.69 Å². The summed E-state index contributed by atoms with van der Waals surface area (Å²) < 4.78 is 6.71. The zero-order valence-electron chi connectivity index (χ0n) is 13.9. The second-order valence-corrected chi connectivity index (χ2v) is 7.81. The van der Waals surface area contributed by atoms with Crippen molar-refractivity contribution >= 4 is 50.7 Å². The molecule has 3 aromatic rings. The number of hydrogen-bond acceptors (Lipinski definition) is 3. The predicted octanol–water partition coefficient (Wildman–Crippen LogP) is 6.39. The van der Waals surface area contributed by atoms with Gasteiger partial charge >= 0.3 is 5.97 Å². The van der Waals surface area contributed by atoms with Crippen molar-refractivity contribution in [1.29, 1.82) is 0 Å². The molecule has 1 aromatic carbocycles. The fourth-order valence-electron chi connectivity index (χ4n) is 2.90. The molecule has 2 heterocycles. The standard InChI is InChI=1S/C18H17Cl2NO3S/c1-8(2)24-9(3)13-7-25-17-14(16(18(22)23)21-15(13)17)10-4-11(19)6-12(20)5-10/h4-9,21H,1-3H3,(H,22,23). The molecule has 0 aliphatic heterocycles. The van der Waals surface area contributed by atoms with Crippen LogP contribution in [0.25, 0.3) is 21.3 Å². The number of H-pyrrole nitrogens is 1. The van der Waals surface area contributed by atoms with Crippen LogP contribution in [0.15, 0.2) is 23.6 Å². The first-order chi connectivity index (χ1) is 11.8. The molecule has 0 amide bonds. The minimum Gasteiger partial charge on any atom is -0.477 e. The van der Waals surface area contributed by atoms with Crippen LogP contribution < -0.4 is 0 Å². The molecule has 0 fully saturated rings. The molecule has 0 aliphatic rings. The van der Waals surface area contributed by atoms with Gasteiger partial charge < -0.3 is 14.8 Å². The number of nitrogens with one attached hydrogen (secondary N) is 1. The Balaban J connectivity index is 2.22. The average Bonchev–Trinajstić information content (AvgIpc) is 3.03. The fraction of sp³-hybridized carbons (Fsp3) is 0.278. The third-order valence-electron chi connectivity index (χ3n) is 3.83. The molecule has 7 heteroatoms. The van der Waals surface area contributed by atoms with Gasteiger partial charge in [0.2, 0.25) is 0 Å². The van der Waals surface area contributed by atoms with Crippen LogP contribution in [0.1, 0.15) is 42.9 Å². The van der Waals surface area contributed by atoms with E-state index in [0.29, 0.717) is 21.2 Å². The van der Waals surface area contributed by atoms with Gasteiger partial charge in [-0.25, -0.2) is 4.79 Å². The highest BCUT2D eigenvalue weighted by Gasteiger charge is 2.24. The Bertz CT molecular complexity index is 925. The summed E-state index contributed by atoms with van der Waals surface area (Å²) in [6, 6.07) is 5.06. The van der Waals surface area contributed by atoms with Crippen molar-refractivity contribution in [3.63, 3.8) is 0 Å². The molecular weight excluding hydrogens is 381 g/mol. The summed E-state index contributed by atoms with van der Waals surface area (Å²) in [6.07, 6.45) is -0.0742. The summed E-state index contributed by atoms with van der Waals surface area (Å²) in [7, 11) is 0. The van der Waals surface area contributed by atoms with Gasteiger partial charge in [-0.1, -0.05) is 23.2 Å². The van der Waals surface area contributed by atoms with Crippen LogP contribution in [-0.4, -0.2) is 22.2 Å². The third-order valence-corrected chi connectivity index (χ3v) is 5.28. The number of rotatable bonds is 5. The van der Waals surface area contributed by atoms with Crippen molar-refractivity contribution in [1.82, 2.24) is 4.98 Å². The second kappa shape index (κ2) is 7.00. The van der Waals surface area contributed by atoms with Gasteiger partial charge in [0.25, 0.3) is 0 Å². The summed E-state index contributed by atoms with van der Waals surface area (Å²) in [5.74, 6) is -1.03. The van der Waals surface area contributed by atoms with Gasteiger partial charge in [0.05, 0.1) is 22.4 Å². The molecule has 0 saturated carbocycles. The largest absolute Gasteiger partial charge is 0.477 e. The second-order valence-electron chi connectivity index (χ2n) is 6.06. The predicted molar refractivity (Wildman–Crippen MR) is 103 cm³/mol. The van der Waals surface area contributed by atoms with Crippen molar-refractivity contribution in [2.75, 3.05) is 0 Å². The molecule has 2 N–H and O–H groups in total. The molecule has 132 valence electrons. The number of carbonyl (C=O) groups is 1. The van der Waals surface area contributed by atoms with Gasteiger partial charge in [-0.2, -0.15) is 0 Å². The number of carboxylic acids is 1. The lowest BCUT2D eigenvalue weighted by atomic mass is 10.1. The smallest absolute Gasteiger partial charge is 0.353 e. The van der Waals surface area contributed by atoms with E-state index >= 15 is 0 Å². The maximum absolute atomic E-state index is 11.8. The van der Waals surface area contributed by atoms with E-state index in [1.807, 2.05) is 26.2 Å². The van der Waals surface area contributed by atoms with E-state index in [-0.39, 0.29) is 17.9 Å². The number of thiophene rings is 1. The number of aromatic amines is 1. The molecule has 0 spiro atoms. The summed E-state index contributed by atoms with van der Waals surface area (Å²) >= 11 is 13.7. The van der Waals surface area contributed by atoms with Gasteiger partial charge in [0.15, 0.2) is 0 Å². The highest BCUT2D eigenvalue weighted by molar-refractivity contribution is 7.18. The van der Waals surface area contributed by atoms with Crippen LogP contribution in [0.3, 0.4) is 0 Å². The van der Waals surface area contributed by atoms with E-state index in [1.54, 1.807) is 18.2 Å². The Morgan fingerprint density at radius 2 is 1.84 bits per heavy atom. The molecule has 0 radical (unpaired) electrons. The van der Waals surface area contributed by atoms with E-state index in [4.69, 9.17) is 27.9 Å². The molecule has 1 atom stereocenters. The lowest BCUT2D eigenvalue weighted by Crippen LogP contribution is -2.07. The SMILES string of the molecule is CC(C)OC(C)c1csc2c(-c3cc(Cl)cc(Cl)c3)c(C(=O)O)[nH]c12. The normalized spacial score (nSPS) is 12.9. The van der Waals surface area contributed by atoms with Crippen LogP contribution in [0.2, 0.25) is 10.0 Å². The number of carboxylic acid groups (broad SMARTS) is 1. The number of benzene rings is 1. The van der Waals surface area contributed by atoms with Gasteiger partial charge in [-0.3, -0.25) is 0 Å². The Morgan fingerprint density at radius 3 is 2.40 bits per heavy atom. The van der Waals surface area contributed by atoms with Gasteiger partial charge in [-0.05, 0) is 49.9 Å². The Hall–Kier alpha value is -1.53. The zero-order valence-corrected chi connectivity index (χ0v) is 16.2. The van der Waals surface area contributed by atoms with Crippen molar-refractivity contribution in [3.05, 3.63) is 44.9 Å². The van der Waals surface area contributed by atoms with Gasteiger partial charge in [0, 0.05) is 21.2 Å². The van der Waals surface area contributed by atoms with Crippen LogP contribution in [0, 0.1) is 0 Å². The number of halogens is 2. The molecule has 1 unspecified atom stereocenters. The van der Waals surface area contributed by atoms with Crippen molar-refractivity contribution in [2.45, 2.75) is 33.0 Å². The summed E-state index contributed by atoms with van der Waals surface area (Å²) in [5.41, 5.74) is 3.11. The van der Waals surface area contributed by atoms with Crippen molar-refractivity contribution < 1.29 is 14.6 Å². The van der Waals surface area contributed by atoms with Crippen LogP contribution in [0.4, 0.5) is 0 Å². The summed E-state index contributed by atoms with van der Waals surface area (Å²) in [4.78, 5) is 14.8. The highest BCUT2D eigenvalue weighted by atomic mass is 35.5. The van der Waals surface area contributed by atoms with Crippen LogP contribution in [-0.2, 0) is 4.74 Å². The lowest BCUT2D eigenvalue weighted by Gasteiger charge is -2.14. The van der Waals surface area contributed by atoms with Crippen LogP contribution >= 0.6 is 34.5 Å². The fourth-order valence-corrected chi connectivity index (χ4v) is 4.60. The first-order valence-electron chi connectivity index (χ1n) is 7.76. The van der Waals surface area contributed by atoms with Crippen molar-refractivity contribution in [3.8, 4) is 11.1 Å². The maximum Gasteiger partial charge on any atom is 0.353 e. The minimum atomic E-state index is -1.03. The molecule has 0 aliphatic carbocycles. The Labute approximate surface area is 159 Å². The lowest BCUT2D eigenvalue weighted by molar-refractivity contribution is 0.0187.